The molecule has 3 heterocycles. The van der Waals surface area contributed by atoms with E-state index in [9.17, 15) is 38.9 Å². The average molecular weight is 690 g/mol. The molecule has 15 heteroatoms. The molecule has 0 fully saturated rings. The summed E-state index contributed by atoms with van der Waals surface area (Å²) in [5.74, 6) is 0. The lowest BCUT2D eigenvalue weighted by Crippen LogP contribution is -2.30. The monoisotopic (exact) mass is 689 g/mol. The molecule has 3 aromatic heterocycles. The molecule has 0 saturated carbocycles. The van der Waals surface area contributed by atoms with Crippen LogP contribution in [-0.4, -0.2) is 38.9 Å². The highest BCUT2D eigenvalue weighted by molar-refractivity contribution is 7.86. The normalized spacial score (nSPS) is 11.2. The van der Waals surface area contributed by atoms with Crippen molar-refractivity contribution in [2.75, 3.05) is 0 Å². The Morgan fingerprint density at radius 3 is 1.11 bits per heavy atom. The minimum atomic E-state index is -5.14. The van der Waals surface area contributed by atoms with Gasteiger partial charge in [0, 0.05) is 36.4 Å². The van der Waals surface area contributed by atoms with E-state index in [1.54, 1.807) is 0 Å². The molecule has 0 aliphatic rings. The Kier molecular flexibility index (Phi) is 14.5. The van der Waals surface area contributed by atoms with Crippen LogP contribution in [0.3, 0.4) is 0 Å². The molecule has 0 unspecified atom stereocenters. The molecule has 0 atom stereocenters. The van der Waals surface area contributed by atoms with E-state index in [0.717, 1.165) is 31.8 Å². The molecule has 0 saturated heterocycles. The predicted molar refractivity (Wildman–Crippen MR) is 165 cm³/mol. The zero-order chi connectivity index (χ0) is 34.4. The summed E-state index contributed by atoms with van der Waals surface area (Å²) < 4.78 is 106. The predicted octanol–water partition coefficient (Wildman–Crippen LogP) is 2.53. The van der Waals surface area contributed by atoms with Crippen molar-refractivity contribution < 1.29 is 52.6 Å². The lowest BCUT2D eigenvalue weighted by atomic mass is 10.1. The Bertz CT molecular complexity index is 1910. The first-order valence-corrected chi connectivity index (χ1v) is 18.1. The van der Waals surface area contributed by atoms with E-state index >= 15 is 0 Å². The van der Waals surface area contributed by atoms with Gasteiger partial charge in [-0.1, -0.05) is 24.3 Å². The third kappa shape index (κ3) is 12.7. The molecule has 0 N–H and O–H groups in total. The summed E-state index contributed by atoms with van der Waals surface area (Å²) in [4.78, 5) is -2.81. The van der Waals surface area contributed by atoms with Gasteiger partial charge in [0.25, 0.3) is 0 Å². The molecule has 0 radical (unpaired) electrons. The maximum atomic E-state index is 11.2. The van der Waals surface area contributed by atoms with Crippen molar-refractivity contribution in [2.24, 2.45) is 0 Å². The van der Waals surface area contributed by atoms with Crippen molar-refractivity contribution in [3.8, 4) is 0 Å². The van der Waals surface area contributed by atoms with Crippen LogP contribution in [0.25, 0.3) is 10.8 Å². The van der Waals surface area contributed by atoms with Gasteiger partial charge in [0.2, 0.25) is 0 Å². The van der Waals surface area contributed by atoms with Gasteiger partial charge in [-0.15, -0.1) is 0 Å². The second-order valence-electron chi connectivity index (χ2n) is 9.28. The van der Waals surface area contributed by atoms with Gasteiger partial charge in [-0.3, -0.25) is 0 Å². The van der Waals surface area contributed by atoms with Crippen LogP contribution < -0.4 is 13.7 Å². The van der Waals surface area contributed by atoms with Crippen molar-refractivity contribution in [2.45, 2.75) is 55.1 Å². The first kappa shape index (κ1) is 38.1. The molecule has 2 aromatic carbocycles. The number of hydrogen-bond donors (Lipinski definition) is 0. The second kappa shape index (κ2) is 17.5. The van der Waals surface area contributed by atoms with Crippen LogP contribution in [0.2, 0.25) is 0 Å². The Morgan fingerprint density at radius 1 is 0.478 bits per heavy atom. The van der Waals surface area contributed by atoms with Gasteiger partial charge in [-0.25, -0.2) is 39.0 Å². The summed E-state index contributed by atoms with van der Waals surface area (Å²) in [5, 5.41) is -0.668. The Morgan fingerprint density at radius 2 is 0.826 bits per heavy atom. The number of hydrogen-bond acceptors (Lipinski definition) is 9. The lowest BCUT2D eigenvalue weighted by molar-refractivity contribution is -0.693. The van der Waals surface area contributed by atoms with Crippen LogP contribution in [0.5, 0.6) is 0 Å². The van der Waals surface area contributed by atoms with Crippen LogP contribution in [0.1, 0.15) is 20.8 Å². The molecule has 0 aliphatic carbocycles. The van der Waals surface area contributed by atoms with Crippen LogP contribution in [0.4, 0.5) is 0 Å². The number of pyridine rings is 3. The minimum Gasteiger partial charge on any atom is -0.744 e. The highest BCUT2D eigenvalue weighted by Gasteiger charge is 2.14. The molecule has 0 amide bonds. The van der Waals surface area contributed by atoms with Crippen molar-refractivity contribution in [1.29, 1.82) is 0 Å². The number of benzene rings is 2. The number of aromatic nitrogens is 3. The van der Waals surface area contributed by atoms with Gasteiger partial charge >= 0.3 is 0 Å². The van der Waals surface area contributed by atoms with Gasteiger partial charge in [0.05, 0.1) is 14.7 Å². The smallest absolute Gasteiger partial charge is 0.168 e. The van der Waals surface area contributed by atoms with Crippen molar-refractivity contribution in [1.82, 2.24) is 0 Å². The van der Waals surface area contributed by atoms with E-state index < -0.39 is 45.0 Å². The van der Waals surface area contributed by atoms with Gasteiger partial charge in [0.1, 0.15) is 50.0 Å². The third-order valence-electron chi connectivity index (χ3n) is 6.13. The van der Waals surface area contributed by atoms with Gasteiger partial charge in [-0.05, 0) is 55.8 Å². The van der Waals surface area contributed by atoms with Crippen molar-refractivity contribution in [3.05, 3.63) is 122 Å². The molecule has 246 valence electrons. The van der Waals surface area contributed by atoms with Crippen LogP contribution in [-0.2, 0) is 50.0 Å². The fourth-order valence-electron chi connectivity index (χ4n) is 3.73. The minimum absolute atomic E-state index is 0.310. The van der Waals surface area contributed by atoms with Crippen molar-refractivity contribution >= 4 is 41.1 Å². The Hall–Kier alpha value is -4.12. The third-order valence-corrected chi connectivity index (χ3v) is 8.65. The fourth-order valence-corrected chi connectivity index (χ4v) is 5.57. The van der Waals surface area contributed by atoms with Gasteiger partial charge in [0.15, 0.2) is 37.2 Å². The quantitative estimate of drug-likeness (QED) is 0.191. The van der Waals surface area contributed by atoms with E-state index in [4.69, 9.17) is 0 Å². The molecule has 46 heavy (non-hydrogen) atoms. The van der Waals surface area contributed by atoms with Crippen LogP contribution >= 0.6 is 0 Å². The lowest BCUT2D eigenvalue weighted by Gasteiger charge is -2.16. The summed E-state index contributed by atoms with van der Waals surface area (Å²) in [6.07, 6.45) is 12.3. The summed E-state index contributed by atoms with van der Waals surface area (Å²) >= 11 is 0. The maximum absolute atomic E-state index is 11.2. The first-order valence-electron chi connectivity index (χ1n) is 13.9. The Labute approximate surface area is 270 Å². The SMILES string of the molecule is CC[n+]1ccccc1.CC[n+]1ccccc1.CC[n+]1ccccc1.O=S(=O)([O-])c1ccc2c(S(=O)(=O)[O-])cc(S(=O)(=O)[O-])cc2c1. The molecule has 5 aromatic rings. The zero-order valence-corrected chi connectivity index (χ0v) is 27.9. The number of fused-ring (bicyclic) bond motifs is 1. The van der Waals surface area contributed by atoms with Crippen LogP contribution in [0.15, 0.2) is 137 Å². The van der Waals surface area contributed by atoms with E-state index in [-0.39, 0.29) is 10.8 Å². The first-order chi connectivity index (χ1) is 21.6. The van der Waals surface area contributed by atoms with E-state index in [1.807, 2.05) is 54.6 Å². The van der Waals surface area contributed by atoms with Crippen molar-refractivity contribution in [3.63, 3.8) is 0 Å². The highest BCUT2D eigenvalue weighted by Crippen LogP contribution is 2.29. The molecule has 5 rings (SSSR count). The summed E-state index contributed by atoms with van der Waals surface area (Å²) in [6.45, 7) is 9.54. The molecular weight excluding hydrogens is 655 g/mol. The molecule has 0 aliphatic heterocycles. The largest absolute Gasteiger partial charge is 0.744 e. The average Bonchev–Trinajstić information content (AvgIpc) is 3.04. The van der Waals surface area contributed by atoms with E-state index in [1.165, 1.54) is 0 Å². The number of nitrogens with zero attached hydrogens (tertiary/aromatic N) is 3. The zero-order valence-electron chi connectivity index (χ0n) is 25.4. The Balaban J connectivity index is 0.000000249. The fraction of sp³-hybridized carbons (Fsp3) is 0.194. The second-order valence-corrected chi connectivity index (χ2v) is 13.4. The van der Waals surface area contributed by atoms with Gasteiger partial charge < -0.3 is 13.7 Å². The standard InChI is InChI=1S/C10H8O9S3.3C7H10N/c11-20(12,13)7-1-2-9-6(3-7)4-8(21(14,15)16)5-10(9)22(17,18)19;3*1-2-8-6-4-3-5-7-8/h1-5H,(H,11,12,13)(H,14,15,16)(H,17,18,19);3*3-7H,2H2,1H3/q;3*+1/p-3. The van der Waals surface area contributed by atoms with E-state index in [0.29, 0.717) is 18.2 Å². The molecular formula is C31H35N3O9S3. The topological polar surface area (TPSA) is 183 Å². The summed E-state index contributed by atoms with van der Waals surface area (Å²) in [6, 6.07) is 21.6. The van der Waals surface area contributed by atoms with E-state index in [2.05, 4.69) is 71.7 Å². The highest BCUT2D eigenvalue weighted by atomic mass is 32.2. The number of aryl methyl sites for hydroxylation is 3. The number of rotatable bonds is 6. The summed E-state index contributed by atoms with van der Waals surface area (Å²) in [5.41, 5.74) is 0. The van der Waals surface area contributed by atoms with Crippen LogP contribution in [0, 0.1) is 0 Å². The van der Waals surface area contributed by atoms with Gasteiger partial charge in [-0.2, -0.15) is 0 Å². The molecule has 0 spiro atoms. The maximum Gasteiger partial charge on any atom is 0.168 e. The summed E-state index contributed by atoms with van der Waals surface area (Å²) in [7, 11) is -15.1. The molecule has 12 nitrogen and oxygen atoms in total. The molecule has 0 bridgehead atoms.